The first-order chi connectivity index (χ1) is 18.5. The number of thiophene rings is 1. The molecule has 2 amide bonds. The molecule has 0 unspecified atom stereocenters. The number of fused-ring (bicyclic) bond motifs is 1. The largest absolute Gasteiger partial charge is 0.383 e. The molecule has 0 fully saturated rings. The number of halogens is 2. The molecule has 1 atom stereocenters. The number of nitrogens with one attached hydrogen (secondary N) is 1. The summed E-state index contributed by atoms with van der Waals surface area (Å²) in [6.07, 6.45) is 0. The Balaban J connectivity index is 1.75. The van der Waals surface area contributed by atoms with Crippen LogP contribution in [-0.2, 0) is 14.3 Å². The lowest BCUT2D eigenvalue weighted by Crippen LogP contribution is -2.43. The number of rotatable bonds is 8. The number of hydrogen-bond donors (Lipinski definition) is 1. The number of thioether (sulfide) groups is 1. The minimum absolute atomic E-state index is 0.168. The first-order valence-electron chi connectivity index (χ1n) is 11.8. The molecule has 2 aromatic heterocycles. The van der Waals surface area contributed by atoms with Gasteiger partial charge in [0, 0.05) is 24.2 Å². The van der Waals surface area contributed by atoms with Gasteiger partial charge >= 0.3 is 0 Å². The third-order valence-electron chi connectivity index (χ3n) is 6.01. The van der Waals surface area contributed by atoms with Gasteiger partial charge in [0.15, 0.2) is 0 Å². The third kappa shape index (κ3) is 5.48. The van der Waals surface area contributed by atoms with Gasteiger partial charge in [0.05, 0.1) is 33.2 Å². The van der Waals surface area contributed by atoms with Gasteiger partial charge < -0.3 is 10.1 Å². The topological polar surface area (TPSA) is 76.5 Å². The molecule has 3 heterocycles. The van der Waals surface area contributed by atoms with Gasteiger partial charge in [0.2, 0.25) is 11.8 Å². The van der Waals surface area contributed by atoms with Crippen molar-refractivity contribution in [2.75, 3.05) is 37.5 Å². The molecule has 38 heavy (non-hydrogen) atoms. The standard InChI is InChI=1S/C27H24Cl2N4O3S2/c1-36-12-11-30-22(34)15-32-23(35)16-38-26(17-6-4-7-18(28)14-17)24-25(21-10-5-13-37-21)31-33(27(24)32)20-9-3-2-8-19(20)29/h2-10,13-14,26H,11-12,15-16H2,1H3,(H,30,34)/t26-/m1/s1. The number of ether oxygens (including phenoxy) is 1. The van der Waals surface area contributed by atoms with Crippen LogP contribution in [0.5, 0.6) is 0 Å². The molecule has 5 rings (SSSR count). The second kappa shape index (κ2) is 11.9. The molecule has 0 saturated carbocycles. The summed E-state index contributed by atoms with van der Waals surface area (Å²) in [6, 6.07) is 18.9. The molecule has 7 nitrogen and oxygen atoms in total. The quantitative estimate of drug-likeness (QED) is 0.262. The van der Waals surface area contributed by atoms with Gasteiger partial charge in [-0.3, -0.25) is 14.5 Å². The molecule has 0 radical (unpaired) electrons. The molecular weight excluding hydrogens is 563 g/mol. The molecular formula is C27H24Cl2N4O3S2. The van der Waals surface area contributed by atoms with E-state index in [2.05, 4.69) is 5.32 Å². The predicted molar refractivity (Wildman–Crippen MR) is 155 cm³/mol. The number of aromatic nitrogens is 2. The van der Waals surface area contributed by atoms with E-state index in [1.165, 1.54) is 16.7 Å². The Kier molecular flexibility index (Phi) is 8.40. The molecule has 0 aliphatic carbocycles. The molecule has 4 aromatic rings. The Morgan fingerprint density at radius 2 is 2.00 bits per heavy atom. The Morgan fingerprint density at radius 3 is 2.74 bits per heavy atom. The fourth-order valence-electron chi connectivity index (χ4n) is 4.33. The van der Waals surface area contributed by atoms with Crippen LogP contribution >= 0.6 is 46.3 Å². The number of benzene rings is 2. The lowest BCUT2D eigenvalue weighted by molar-refractivity contribution is -0.123. The number of hydrogen-bond acceptors (Lipinski definition) is 6. The van der Waals surface area contributed by atoms with E-state index in [4.69, 9.17) is 33.0 Å². The van der Waals surface area contributed by atoms with Crippen LogP contribution in [0.1, 0.15) is 16.4 Å². The molecule has 0 spiro atoms. The average molecular weight is 588 g/mol. The zero-order valence-corrected chi connectivity index (χ0v) is 23.5. The maximum absolute atomic E-state index is 13.7. The summed E-state index contributed by atoms with van der Waals surface area (Å²) in [4.78, 5) is 29.1. The van der Waals surface area contributed by atoms with Crippen molar-refractivity contribution in [3.05, 3.63) is 87.2 Å². The second-order valence-electron chi connectivity index (χ2n) is 8.50. The molecule has 196 valence electrons. The van der Waals surface area contributed by atoms with Crippen molar-refractivity contribution in [2.24, 2.45) is 0 Å². The SMILES string of the molecule is COCCNC(=O)CN1C(=O)CS[C@H](c2cccc(Cl)c2)c2c(-c3cccs3)nn(-c3ccccc3Cl)c21. The van der Waals surface area contributed by atoms with Crippen molar-refractivity contribution in [1.29, 1.82) is 0 Å². The van der Waals surface area contributed by atoms with Crippen LogP contribution in [0.25, 0.3) is 16.3 Å². The minimum atomic E-state index is -0.294. The molecule has 1 N–H and O–H groups in total. The van der Waals surface area contributed by atoms with E-state index in [-0.39, 0.29) is 29.4 Å². The average Bonchev–Trinajstić information content (AvgIpc) is 3.54. The predicted octanol–water partition coefficient (Wildman–Crippen LogP) is 5.84. The third-order valence-corrected chi connectivity index (χ3v) is 8.69. The fourth-order valence-corrected chi connectivity index (χ4v) is 6.66. The summed E-state index contributed by atoms with van der Waals surface area (Å²) < 4.78 is 6.74. The lowest BCUT2D eigenvalue weighted by Gasteiger charge is -2.23. The van der Waals surface area contributed by atoms with Gasteiger partial charge in [0.1, 0.15) is 18.1 Å². The van der Waals surface area contributed by atoms with E-state index < -0.39 is 0 Å². The van der Waals surface area contributed by atoms with Crippen molar-refractivity contribution in [3.8, 4) is 16.3 Å². The summed E-state index contributed by atoms with van der Waals surface area (Å²) in [5.74, 6) is 0.193. The number of para-hydroxylation sites is 1. The number of anilines is 1. The van der Waals surface area contributed by atoms with Gasteiger partial charge in [-0.25, -0.2) is 4.68 Å². The van der Waals surface area contributed by atoms with E-state index in [9.17, 15) is 9.59 Å². The van der Waals surface area contributed by atoms with Crippen LogP contribution in [0.15, 0.2) is 66.0 Å². The normalized spacial score (nSPS) is 15.3. The second-order valence-corrected chi connectivity index (χ2v) is 11.4. The van der Waals surface area contributed by atoms with Gasteiger partial charge in [0.25, 0.3) is 0 Å². The van der Waals surface area contributed by atoms with Crippen LogP contribution in [0, 0.1) is 0 Å². The highest BCUT2D eigenvalue weighted by Crippen LogP contribution is 2.49. The van der Waals surface area contributed by atoms with E-state index in [0.29, 0.717) is 34.7 Å². The number of amides is 2. The highest BCUT2D eigenvalue weighted by atomic mass is 35.5. The smallest absolute Gasteiger partial charge is 0.240 e. The van der Waals surface area contributed by atoms with Gasteiger partial charge in [-0.05, 0) is 41.3 Å². The van der Waals surface area contributed by atoms with Crippen LogP contribution in [-0.4, -0.2) is 54.2 Å². The molecule has 1 aliphatic heterocycles. The van der Waals surface area contributed by atoms with Crippen molar-refractivity contribution in [2.45, 2.75) is 5.25 Å². The maximum Gasteiger partial charge on any atom is 0.240 e. The number of methoxy groups -OCH3 is 1. The van der Waals surface area contributed by atoms with E-state index in [1.54, 1.807) is 29.2 Å². The van der Waals surface area contributed by atoms with Crippen LogP contribution < -0.4 is 10.2 Å². The summed E-state index contributed by atoms with van der Waals surface area (Å²) in [5.41, 5.74) is 3.11. The van der Waals surface area contributed by atoms with Crippen molar-refractivity contribution >= 4 is 63.9 Å². The molecule has 0 bridgehead atoms. The fraction of sp³-hybridized carbons (Fsp3) is 0.222. The highest BCUT2D eigenvalue weighted by molar-refractivity contribution is 8.00. The van der Waals surface area contributed by atoms with E-state index in [1.807, 2.05) is 60.0 Å². The Labute approximate surface area is 238 Å². The first-order valence-corrected chi connectivity index (χ1v) is 14.5. The number of carbonyl (C=O) groups excluding carboxylic acids is 2. The van der Waals surface area contributed by atoms with Crippen molar-refractivity contribution in [1.82, 2.24) is 15.1 Å². The lowest BCUT2D eigenvalue weighted by atomic mass is 10.0. The summed E-state index contributed by atoms with van der Waals surface area (Å²) in [5, 5.41) is 10.6. The first kappa shape index (κ1) is 26.8. The summed E-state index contributed by atoms with van der Waals surface area (Å²) >= 11 is 16.1. The number of nitrogens with zero attached hydrogens (tertiary/aromatic N) is 3. The van der Waals surface area contributed by atoms with Crippen LogP contribution in [0.2, 0.25) is 10.0 Å². The molecule has 2 aromatic carbocycles. The van der Waals surface area contributed by atoms with Crippen molar-refractivity contribution in [3.63, 3.8) is 0 Å². The molecule has 0 saturated heterocycles. The summed E-state index contributed by atoms with van der Waals surface area (Å²) in [6.45, 7) is 0.546. The minimum Gasteiger partial charge on any atom is -0.383 e. The number of carbonyl (C=O) groups is 2. The van der Waals surface area contributed by atoms with E-state index in [0.717, 1.165) is 21.7 Å². The Hall–Kier alpha value is -2.82. The maximum atomic E-state index is 13.7. The zero-order chi connectivity index (χ0) is 26.6. The van der Waals surface area contributed by atoms with Gasteiger partial charge in [-0.2, -0.15) is 5.10 Å². The zero-order valence-electron chi connectivity index (χ0n) is 20.4. The summed E-state index contributed by atoms with van der Waals surface area (Å²) in [7, 11) is 1.57. The molecule has 1 aliphatic rings. The van der Waals surface area contributed by atoms with Gasteiger partial charge in [-0.15, -0.1) is 23.1 Å². The van der Waals surface area contributed by atoms with Gasteiger partial charge in [-0.1, -0.05) is 53.5 Å². The Morgan fingerprint density at radius 1 is 1.16 bits per heavy atom. The van der Waals surface area contributed by atoms with Crippen molar-refractivity contribution < 1.29 is 14.3 Å². The highest BCUT2D eigenvalue weighted by Gasteiger charge is 2.38. The molecule has 11 heteroatoms. The Bertz CT molecular complexity index is 1460. The van der Waals surface area contributed by atoms with Crippen LogP contribution in [0.3, 0.4) is 0 Å². The van der Waals surface area contributed by atoms with E-state index >= 15 is 0 Å². The van der Waals surface area contributed by atoms with Crippen LogP contribution in [0.4, 0.5) is 5.82 Å². The monoisotopic (exact) mass is 586 g/mol.